The van der Waals surface area contributed by atoms with Crippen LogP contribution in [0.1, 0.15) is 0 Å². The van der Waals surface area contributed by atoms with Crippen LogP contribution >= 0.6 is 11.8 Å². The fourth-order valence-corrected chi connectivity index (χ4v) is 3.55. The van der Waals surface area contributed by atoms with E-state index in [0.29, 0.717) is 5.16 Å². The van der Waals surface area contributed by atoms with E-state index in [1.54, 1.807) is 12.4 Å². The maximum Gasteiger partial charge on any atom is 0.234 e. The van der Waals surface area contributed by atoms with Gasteiger partial charge in [0.05, 0.1) is 5.75 Å². The van der Waals surface area contributed by atoms with Crippen LogP contribution in [0.15, 0.2) is 72.1 Å². The van der Waals surface area contributed by atoms with Gasteiger partial charge >= 0.3 is 0 Å². The second-order valence-corrected chi connectivity index (χ2v) is 6.91. The number of aromatic nitrogens is 4. The smallest absolute Gasteiger partial charge is 0.234 e. The van der Waals surface area contributed by atoms with Crippen molar-refractivity contribution in [3.05, 3.63) is 67.0 Å². The number of carbonyl (C=O) groups is 1. The third kappa shape index (κ3) is 3.68. The molecule has 4 rings (SSSR count). The molecule has 0 unspecified atom stereocenters. The first-order valence-corrected chi connectivity index (χ1v) is 9.41. The Bertz CT molecular complexity index is 1090. The van der Waals surface area contributed by atoms with Crippen LogP contribution < -0.4 is 5.32 Å². The molecule has 0 aliphatic rings. The van der Waals surface area contributed by atoms with Crippen molar-refractivity contribution in [2.24, 2.45) is 7.05 Å². The maximum atomic E-state index is 12.4. The average molecular weight is 375 g/mol. The molecule has 0 saturated heterocycles. The molecule has 0 saturated carbocycles. The zero-order chi connectivity index (χ0) is 18.6. The summed E-state index contributed by atoms with van der Waals surface area (Å²) in [5.74, 6) is 0.921. The molecule has 2 heterocycles. The minimum absolute atomic E-state index is 0.0789. The van der Waals surface area contributed by atoms with Gasteiger partial charge in [0.25, 0.3) is 0 Å². The summed E-state index contributed by atoms with van der Waals surface area (Å²) < 4.78 is 1.88. The molecule has 1 amide bonds. The first-order valence-electron chi connectivity index (χ1n) is 8.42. The lowest BCUT2D eigenvalue weighted by Gasteiger charge is -2.08. The Morgan fingerprint density at radius 3 is 2.67 bits per heavy atom. The molecule has 2 aromatic carbocycles. The summed E-state index contributed by atoms with van der Waals surface area (Å²) in [6.45, 7) is 0. The molecule has 1 N–H and O–H groups in total. The van der Waals surface area contributed by atoms with Gasteiger partial charge in [0.15, 0.2) is 11.0 Å². The first kappa shape index (κ1) is 17.2. The van der Waals surface area contributed by atoms with Crippen molar-refractivity contribution in [1.82, 2.24) is 19.7 Å². The average Bonchev–Trinajstić information content (AvgIpc) is 3.08. The number of fused-ring (bicyclic) bond motifs is 1. The number of benzene rings is 2. The van der Waals surface area contributed by atoms with Crippen molar-refractivity contribution in [3.63, 3.8) is 0 Å². The van der Waals surface area contributed by atoms with Crippen molar-refractivity contribution >= 4 is 34.1 Å². The highest BCUT2D eigenvalue weighted by Crippen LogP contribution is 2.25. The van der Waals surface area contributed by atoms with Crippen LogP contribution in [0.4, 0.5) is 5.69 Å². The molecule has 6 nitrogen and oxygen atoms in total. The van der Waals surface area contributed by atoms with E-state index in [4.69, 9.17) is 0 Å². The predicted molar refractivity (Wildman–Crippen MR) is 108 cm³/mol. The summed E-state index contributed by atoms with van der Waals surface area (Å²) in [6.07, 6.45) is 3.43. The Morgan fingerprint density at radius 2 is 1.81 bits per heavy atom. The Kier molecular flexibility index (Phi) is 4.84. The van der Waals surface area contributed by atoms with Gasteiger partial charge in [0.1, 0.15) is 0 Å². The molecule has 134 valence electrons. The summed E-state index contributed by atoms with van der Waals surface area (Å²) in [5, 5.41) is 14.2. The topological polar surface area (TPSA) is 72.7 Å². The summed E-state index contributed by atoms with van der Waals surface area (Å²) in [6, 6.07) is 17.6. The number of pyridine rings is 1. The summed E-state index contributed by atoms with van der Waals surface area (Å²) >= 11 is 1.36. The second-order valence-electron chi connectivity index (χ2n) is 5.96. The largest absolute Gasteiger partial charge is 0.325 e. The van der Waals surface area contributed by atoms with E-state index >= 15 is 0 Å². The van der Waals surface area contributed by atoms with Crippen LogP contribution in [0.2, 0.25) is 0 Å². The van der Waals surface area contributed by atoms with Crippen molar-refractivity contribution in [2.75, 3.05) is 11.1 Å². The van der Waals surface area contributed by atoms with Gasteiger partial charge in [-0.05, 0) is 23.6 Å². The number of nitrogens with zero attached hydrogens (tertiary/aromatic N) is 4. The van der Waals surface area contributed by atoms with E-state index in [1.165, 1.54) is 11.8 Å². The minimum Gasteiger partial charge on any atom is -0.325 e. The highest BCUT2D eigenvalue weighted by molar-refractivity contribution is 7.99. The van der Waals surface area contributed by atoms with E-state index in [0.717, 1.165) is 27.8 Å². The molecule has 0 bridgehead atoms. The SMILES string of the molecule is Cn1c(SCC(=O)Nc2cccc3ccccc23)nnc1-c1ccncc1. The third-order valence-electron chi connectivity index (χ3n) is 4.17. The summed E-state index contributed by atoms with van der Waals surface area (Å²) in [4.78, 5) is 16.4. The van der Waals surface area contributed by atoms with E-state index in [1.807, 2.05) is 66.2 Å². The number of hydrogen-bond donors (Lipinski definition) is 1. The fraction of sp³-hybridized carbons (Fsp3) is 0.100. The first-order chi connectivity index (χ1) is 13.2. The molecule has 27 heavy (non-hydrogen) atoms. The van der Waals surface area contributed by atoms with Crippen LogP contribution in [0.5, 0.6) is 0 Å². The molecule has 7 heteroatoms. The molecule has 2 aromatic heterocycles. The van der Waals surface area contributed by atoms with Crippen LogP contribution in [-0.2, 0) is 11.8 Å². The van der Waals surface area contributed by atoms with Crippen LogP contribution in [0.25, 0.3) is 22.2 Å². The fourth-order valence-electron chi connectivity index (χ4n) is 2.84. The van der Waals surface area contributed by atoms with E-state index < -0.39 is 0 Å². The van der Waals surface area contributed by atoms with Crippen LogP contribution in [0, 0.1) is 0 Å². The van der Waals surface area contributed by atoms with Gasteiger partial charge in [0.2, 0.25) is 5.91 Å². The number of thioether (sulfide) groups is 1. The van der Waals surface area contributed by atoms with Gasteiger partial charge in [-0.2, -0.15) is 0 Å². The standard InChI is InChI=1S/C20H17N5OS/c1-25-19(15-9-11-21-12-10-15)23-24-20(25)27-13-18(26)22-17-8-4-6-14-5-2-3-7-16(14)17/h2-12H,13H2,1H3,(H,22,26). The highest BCUT2D eigenvalue weighted by Gasteiger charge is 2.13. The monoisotopic (exact) mass is 375 g/mol. The second kappa shape index (κ2) is 7.59. The number of anilines is 1. The molecule has 0 aliphatic carbocycles. The lowest BCUT2D eigenvalue weighted by Crippen LogP contribution is -2.14. The number of rotatable bonds is 5. The van der Waals surface area contributed by atoms with Crippen molar-refractivity contribution in [2.45, 2.75) is 5.16 Å². The van der Waals surface area contributed by atoms with E-state index in [2.05, 4.69) is 20.5 Å². The Balaban J connectivity index is 1.45. The molecule has 0 atom stereocenters. The molecular weight excluding hydrogens is 358 g/mol. The van der Waals surface area contributed by atoms with Crippen LogP contribution in [0.3, 0.4) is 0 Å². The maximum absolute atomic E-state index is 12.4. The van der Waals surface area contributed by atoms with Gasteiger partial charge in [0, 0.05) is 36.1 Å². The number of amides is 1. The Labute approximate surface area is 160 Å². The van der Waals surface area contributed by atoms with Gasteiger partial charge in [-0.1, -0.05) is 48.2 Å². The predicted octanol–water partition coefficient (Wildman–Crippen LogP) is 3.76. The quantitative estimate of drug-likeness (QED) is 0.538. The van der Waals surface area contributed by atoms with Gasteiger partial charge in [-0.3, -0.25) is 9.78 Å². The normalized spacial score (nSPS) is 10.9. The minimum atomic E-state index is -0.0789. The van der Waals surface area contributed by atoms with E-state index in [-0.39, 0.29) is 11.7 Å². The number of nitrogens with one attached hydrogen (secondary N) is 1. The summed E-state index contributed by atoms with van der Waals surface area (Å²) in [7, 11) is 1.89. The molecular formula is C20H17N5OS. The van der Waals surface area contributed by atoms with Gasteiger partial charge < -0.3 is 9.88 Å². The molecule has 4 aromatic rings. The van der Waals surface area contributed by atoms with Crippen LogP contribution in [-0.4, -0.2) is 31.4 Å². The number of carbonyl (C=O) groups excluding carboxylic acids is 1. The summed E-state index contributed by atoms with van der Waals surface area (Å²) in [5.41, 5.74) is 1.75. The van der Waals surface area contributed by atoms with Gasteiger partial charge in [-0.25, -0.2) is 0 Å². The molecule has 0 radical (unpaired) electrons. The lowest BCUT2D eigenvalue weighted by molar-refractivity contribution is -0.113. The van der Waals surface area contributed by atoms with Crippen molar-refractivity contribution < 1.29 is 4.79 Å². The van der Waals surface area contributed by atoms with E-state index in [9.17, 15) is 4.79 Å². The zero-order valence-electron chi connectivity index (χ0n) is 14.7. The Morgan fingerprint density at radius 1 is 1.04 bits per heavy atom. The van der Waals surface area contributed by atoms with Crippen molar-refractivity contribution in [3.8, 4) is 11.4 Å². The lowest BCUT2D eigenvalue weighted by atomic mass is 10.1. The third-order valence-corrected chi connectivity index (χ3v) is 5.19. The molecule has 0 fully saturated rings. The number of hydrogen-bond acceptors (Lipinski definition) is 5. The van der Waals surface area contributed by atoms with Gasteiger partial charge in [-0.15, -0.1) is 10.2 Å². The van der Waals surface area contributed by atoms with Crippen molar-refractivity contribution in [1.29, 1.82) is 0 Å². The molecule has 0 spiro atoms. The Hall–Kier alpha value is -3.19. The zero-order valence-corrected chi connectivity index (χ0v) is 15.5. The highest BCUT2D eigenvalue weighted by atomic mass is 32.2. The molecule has 0 aliphatic heterocycles.